The van der Waals surface area contributed by atoms with E-state index in [1.807, 2.05) is 0 Å². The van der Waals surface area contributed by atoms with E-state index in [-0.39, 0.29) is 11.3 Å². The van der Waals surface area contributed by atoms with Crippen molar-refractivity contribution in [2.24, 2.45) is 0 Å². The number of rotatable bonds is 5. The molecule has 0 aromatic heterocycles. The first-order valence-electron chi connectivity index (χ1n) is 4.88. The Balaban J connectivity index is 2.97. The summed E-state index contributed by atoms with van der Waals surface area (Å²) in [7, 11) is 1.32. The molecule has 0 aliphatic heterocycles. The molecule has 0 saturated heterocycles. The third kappa shape index (κ3) is 3.92. The first-order valence-corrected chi connectivity index (χ1v) is 4.88. The van der Waals surface area contributed by atoms with Crippen LogP contribution in [0.1, 0.15) is 11.7 Å². The Bertz CT molecular complexity index is 417. The van der Waals surface area contributed by atoms with Crippen molar-refractivity contribution in [3.63, 3.8) is 0 Å². The van der Waals surface area contributed by atoms with Crippen LogP contribution in [0.25, 0.3) is 0 Å². The fourth-order valence-corrected chi connectivity index (χ4v) is 1.34. The summed E-state index contributed by atoms with van der Waals surface area (Å²) in [4.78, 5) is 10.3. The average molecular weight is 264 g/mol. The number of benzene rings is 1. The summed E-state index contributed by atoms with van der Waals surface area (Å²) in [6.45, 7) is -1.03. The second-order valence-electron chi connectivity index (χ2n) is 3.40. The van der Waals surface area contributed by atoms with Crippen molar-refractivity contribution in [2.45, 2.75) is 12.3 Å². The summed E-state index contributed by atoms with van der Waals surface area (Å²) in [6.07, 6.45) is -6.98. The maximum Gasteiger partial charge on any atom is 0.418 e. The lowest BCUT2D eigenvalue weighted by molar-refractivity contribution is -0.225. The predicted octanol–water partition coefficient (Wildman–Crippen LogP) is 2.40. The number of hydrogen-bond acceptors (Lipinski definition) is 3. The molecule has 0 fully saturated rings. The van der Waals surface area contributed by atoms with Gasteiger partial charge in [-0.3, -0.25) is 0 Å². The van der Waals surface area contributed by atoms with E-state index in [0.29, 0.717) is 0 Å². The van der Waals surface area contributed by atoms with Gasteiger partial charge in [-0.15, -0.1) is 0 Å². The van der Waals surface area contributed by atoms with Gasteiger partial charge in [0.2, 0.25) is 0 Å². The van der Waals surface area contributed by atoms with Crippen LogP contribution in [0.4, 0.5) is 13.2 Å². The maximum absolute atomic E-state index is 12.7. The van der Waals surface area contributed by atoms with Gasteiger partial charge in [0.1, 0.15) is 12.4 Å². The van der Waals surface area contributed by atoms with Gasteiger partial charge in [0.25, 0.3) is 0 Å². The van der Waals surface area contributed by atoms with Crippen LogP contribution in [-0.4, -0.2) is 31.0 Å². The highest BCUT2D eigenvalue weighted by Gasteiger charge is 2.42. The molecule has 0 aliphatic carbocycles. The molecule has 0 saturated carbocycles. The van der Waals surface area contributed by atoms with E-state index in [4.69, 9.17) is 9.84 Å². The number of methoxy groups -OCH3 is 1. The van der Waals surface area contributed by atoms with Crippen LogP contribution in [0.3, 0.4) is 0 Å². The van der Waals surface area contributed by atoms with E-state index < -0.39 is 24.9 Å². The lowest BCUT2D eigenvalue weighted by atomic mass is 10.1. The average Bonchev–Trinajstić information content (AvgIpc) is 2.27. The standard InChI is InChI=1S/C11H11F3O4/c1-17-8-4-2-3-7(5-8)10(11(12,13)14)18-6-9(15)16/h2-5,10H,6H2,1H3,(H,15,16)/t10-/m1/s1. The zero-order valence-electron chi connectivity index (χ0n) is 9.40. The minimum atomic E-state index is -4.69. The summed E-state index contributed by atoms with van der Waals surface area (Å²) in [5.41, 5.74) is -0.205. The fourth-order valence-electron chi connectivity index (χ4n) is 1.34. The van der Waals surface area contributed by atoms with Crippen LogP contribution in [0.5, 0.6) is 5.75 Å². The molecule has 1 aromatic rings. The van der Waals surface area contributed by atoms with Gasteiger partial charge in [-0.25, -0.2) is 4.79 Å². The van der Waals surface area contributed by atoms with Gasteiger partial charge in [0, 0.05) is 0 Å². The zero-order valence-corrected chi connectivity index (χ0v) is 9.40. The van der Waals surface area contributed by atoms with Crippen molar-refractivity contribution < 1.29 is 32.5 Å². The van der Waals surface area contributed by atoms with Gasteiger partial charge in [0.05, 0.1) is 7.11 Å². The first kappa shape index (κ1) is 14.3. The first-order chi connectivity index (χ1) is 8.34. The van der Waals surface area contributed by atoms with E-state index >= 15 is 0 Å². The number of halogens is 3. The quantitative estimate of drug-likeness (QED) is 0.887. The van der Waals surface area contributed by atoms with Gasteiger partial charge in [0.15, 0.2) is 6.10 Å². The topological polar surface area (TPSA) is 55.8 Å². The molecule has 0 radical (unpaired) electrons. The van der Waals surface area contributed by atoms with Crippen LogP contribution in [-0.2, 0) is 9.53 Å². The third-order valence-corrected chi connectivity index (χ3v) is 2.07. The highest BCUT2D eigenvalue weighted by Crippen LogP contribution is 2.36. The molecule has 0 spiro atoms. The van der Waals surface area contributed by atoms with Crippen molar-refractivity contribution in [1.29, 1.82) is 0 Å². The zero-order chi connectivity index (χ0) is 13.8. The van der Waals surface area contributed by atoms with Crippen molar-refractivity contribution in [2.75, 3.05) is 13.7 Å². The van der Waals surface area contributed by atoms with Gasteiger partial charge in [-0.05, 0) is 17.7 Å². The number of carbonyl (C=O) groups is 1. The van der Waals surface area contributed by atoms with E-state index in [9.17, 15) is 18.0 Å². The van der Waals surface area contributed by atoms with E-state index in [1.165, 1.54) is 25.3 Å². The smallest absolute Gasteiger partial charge is 0.418 e. The molecule has 0 bridgehead atoms. The molecule has 1 N–H and O–H groups in total. The normalized spacial score (nSPS) is 13.1. The summed E-state index contributed by atoms with van der Waals surface area (Å²) < 4.78 is 47.4. The largest absolute Gasteiger partial charge is 0.497 e. The second-order valence-corrected chi connectivity index (χ2v) is 3.40. The molecule has 7 heteroatoms. The Hall–Kier alpha value is -1.76. The minimum absolute atomic E-state index is 0.205. The number of aliphatic carboxylic acids is 1. The molecule has 0 aliphatic rings. The summed E-state index contributed by atoms with van der Waals surface area (Å²) in [5.74, 6) is -1.23. The summed E-state index contributed by atoms with van der Waals surface area (Å²) >= 11 is 0. The molecule has 0 heterocycles. The van der Waals surface area contributed by atoms with Crippen LogP contribution in [0.2, 0.25) is 0 Å². The number of hydrogen-bond donors (Lipinski definition) is 1. The Morgan fingerprint density at radius 2 is 2.11 bits per heavy atom. The maximum atomic E-state index is 12.7. The van der Waals surface area contributed by atoms with Crippen molar-refractivity contribution in [3.05, 3.63) is 29.8 Å². The molecule has 100 valence electrons. The number of carboxylic acids is 1. The van der Waals surface area contributed by atoms with E-state index in [0.717, 1.165) is 6.07 Å². The van der Waals surface area contributed by atoms with E-state index in [2.05, 4.69) is 4.74 Å². The highest BCUT2D eigenvalue weighted by molar-refractivity contribution is 5.68. The van der Waals surface area contributed by atoms with Gasteiger partial charge < -0.3 is 14.6 Å². The summed E-state index contributed by atoms with van der Waals surface area (Å²) in [6, 6.07) is 5.20. The molecule has 4 nitrogen and oxygen atoms in total. The molecule has 18 heavy (non-hydrogen) atoms. The van der Waals surface area contributed by atoms with Crippen molar-refractivity contribution >= 4 is 5.97 Å². The lowest BCUT2D eigenvalue weighted by Crippen LogP contribution is -2.26. The predicted molar refractivity (Wildman–Crippen MR) is 55.4 cm³/mol. The van der Waals surface area contributed by atoms with Crippen LogP contribution < -0.4 is 4.74 Å². The monoisotopic (exact) mass is 264 g/mol. The Morgan fingerprint density at radius 1 is 1.44 bits per heavy atom. The van der Waals surface area contributed by atoms with E-state index in [1.54, 1.807) is 0 Å². The molecule has 0 amide bonds. The van der Waals surface area contributed by atoms with Crippen LogP contribution in [0.15, 0.2) is 24.3 Å². The lowest BCUT2D eigenvalue weighted by Gasteiger charge is -2.20. The highest BCUT2D eigenvalue weighted by atomic mass is 19.4. The van der Waals surface area contributed by atoms with Crippen LogP contribution in [0, 0.1) is 0 Å². The fraction of sp³-hybridized carbons (Fsp3) is 0.364. The summed E-state index contributed by atoms with van der Waals surface area (Å²) in [5, 5.41) is 8.36. The molecular weight excluding hydrogens is 253 g/mol. The molecule has 1 aromatic carbocycles. The Labute approximate surface area is 101 Å². The minimum Gasteiger partial charge on any atom is -0.497 e. The van der Waals surface area contributed by atoms with Crippen LogP contribution >= 0.6 is 0 Å². The number of carboxylic acid groups (broad SMARTS) is 1. The Kier molecular flexibility index (Phi) is 4.55. The molecular formula is C11H11F3O4. The van der Waals surface area contributed by atoms with Gasteiger partial charge in [-0.1, -0.05) is 12.1 Å². The van der Waals surface area contributed by atoms with Gasteiger partial charge in [-0.2, -0.15) is 13.2 Å². The Morgan fingerprint density at radius 3 is 2.61 bits per heavy atom. The van der Waals surface area contributed by atoms with Gasteiger partial charge >= 0.3 is 12.1 Å². The second kappa shape index (κ2) is 5.72. The molecule has 1 rings (SSSR count). The molecule has 0 unspecified atom stereocenters. The number of alkyl halides is 3. The molecule has 1 atom stereocenters. The van der Waals surface area contributed by atoms with Crippen molar-refractivity contribution in [1.82, 2.24) is 0 Å². The number of ether oxygens (including phenoxy) is 2. The van der Waals surface area contributed by atoms with Crippen molar-refractivity contribution in [3.8, 4) is 5.75 Å². The SMILES string of the molecule is COc1cccc([C@@H](OCC(=O)O)C(F)(F)F)c1. The third-order valence-electron chi connectivity index (χ3n) is 2.07.